The van der Waals surface area contributed by atoms with Crippen LogP contribution in [0.5, 0.6) is 0 Å². The Kier molecular flexibility index (Phi) is 5.64. The van der Waals surface area contributed by atoms with Gasteiger partial charge in [-0.1, -0.05) is 13.0 Å². The number of carbonyl (C=O) groups is 1. The summed E-state index contributed by atoms with van der Waals surface area (Å²) < 4.78 is 27.3. The number of non-ortho nitro benzene ring substituents is 1. The lowest BCUT2D eigenvalue weighted by Gasteiger charge is -2.31. The molecule has 1 aliphatic heterocycles. The summed E-state index contributed by atoms with van der Waals surface area (Å²) in [4.78, 5) is 24.4. The maximum atomic E-state index is 12.6. The minimum absolute atomic E-state index is 0.0698. The van der Waals surface area contributed by atoms with Crippen molar-refractivity contribution < 1.29 is 18.1 Å². The van der Waals surface area contributed by atoms with Gasteiger partial charge >= 0.3 is 0 Å². The lowest BCUT2D eigenvalue weighted by atomic mass is 9.99. The number of carbonyl (C=O) groups excluding carboxylic acids is 1. The van der Waals surface area contributed by atoms with Crippen LogP contribution in [-0.4, -0.2) is 37.2 Å². The van der Waals surface area contributed by atoms with Crippen molar-refractivity contribution >= 4 is 27.3 Å². The van der Waals surface area contributed by atoms with Gasteiger partial charge in [0, 0.05) is 36.5 Å². The number of amides is 1. The first-order valence-corrected chi connectivity index (χ1v) is 10.4. The summed E-state index contributed by atoms with van der Waals surface area (Å²) in [6.45, 7) is 3.57. The molecule has 1 aliphatic rings. The minimum atomic E-state index is -3.98. The van der Waals surface area contributed by atoms with Crippen molar-refractivity contribution in [3.05, 3.63) is 64.2 Å². The molecule has 0 saturated carbocycles. The molecule has 1 heterocycles. The molecule has 1 fully saturated rings. The average Bonchev–Trinajstić information content (AvgIpc) is 2.68. The SMILES string of the molecule is C[C@H]1CCCN(C(=O)c2ccc(NS(=O)(=O)c3cccc([N+](=O)[O-])c3)cc2)C1. The van der Waals surface area contributed by atoms with Gasteiger partial charge in [-0.25, -0.2) is 8.42 Å². The number of nitrogens with one attached hydrogen (secondary N) is 1. The van der Waals surface area contributed by atoms with Gasteiger partial charge in [0.05, 0.1) is 9.82 Å². The smallest absolute Gasteiger partial charge is 0.270 e. The van der Waals surface area contributed by atoms with E-state index in [0.717, 1.165) is 32.0 Å². The Balaban J connectivity index is 1.74. The molecule has 0 aromatic heterocycles. The van der Waals surface area contributed by atoms with Gasteiger partial charge in [0.15, 0.2) is 0 Å². The second-order valence-electron chi connectivity index (χ2n) is 6.94. The van der Waals surface area contributed by atoms with Crippen LogP contribution in [0, 0.1) is 16.0 Å². The third-order valence-corrected chi connectivity index (χ3v) is 6.05. The Morgan fingerprint density at radius 3 is 2.57 bits per heavy atom. The summed E-state index contributed by atoms with van der Waals surface area (Å²) in [6, 6.07) is 11.0. The van der Waals surface area contributed by atoms with Crippen molar-refractivity contribution in [1.29, 1.82) is 0 Å². The van der Waals surface area contributed by atoms with Crippen molar-refractivity contribution in [3.63, 3.8) is 0 Å². The average molecular weight is 403 g/mol. The second-order valence-corrected chi connectivity index (χ2v) is 8.62. The second kappa shape index (κ2) is 7.97. The number of likely N-dealkylation sites (tertiary alicyclic amines) is 1. The van der Waals surface area contributed by atoms with Crippen molar-refractivity contribution in [2.24, 2.45) is 5.92 Å². The zero-order valence-corrected chi connectivity index (χ0v) is 16.2. The van der Waals surface area contributed by atoms with Crippen LogP contribution in [0.4, 0.5) is 11.4 Å². The van der Waals surface area contributed by atoms with E-state index in [4.69, 9.17) is 0 Å². The number of hydrogen-bond donors (Lipinski definition) is 1. The first-order chi connectivity index (χ1) is 13.3. The van der Waals surface area contributed by atoms with Gasteiger partial charge in [-0.2, -0.15) is 0 Å². The summed E-state index contributed by atoms with van der Waals surface area (Å²) in [6.07, 6.45) is 2.09. The number of piperidine rings is 1. The lowest BCUT2D eigenvalue weighted by molar-refractivity contribution is -0.385. The van der Waals surface area contributed by atoms with E-state index < -0.39 is 14.9 Å². The standard InChI is InChI=1S/C19H21N3O5S/c1-14-4-3-11-21(13-14)19(23)15-7-9-16(10-8-15)20-28(26,27)18-6-2-5-17(12-18)22(24)25/h2,5-10,12,14,20H,3-4,11,13H2,1H3/t14-/m0/s1. The zero-order valence-electron chi connectivity index (χ0n) is 15.4. The largest absolute Gasteiger partial charge is 0.338 e. The van der Waals surface area contributed by atoms with Crippen LogP contribution in [0.2, 0.25) is 0 Å². The molecule has 0 aliphatic carbocycles. The van der Waals surface area contributed by atoms with Crippen LogP contribution in [-0.2, 0) is 10.0 Å². The van der Waals surface area contributed by atoms with E-state index in [1.807, 2.05) is 4.90 Å². The molecule has 1 amide bonds. The van der Waals surface area contributed by atoms with Gasteiger partial charge in [-0.15, -0.1) is 0 Å². The Morgan fingerprint density at radius 2 is 1.93 bits per heavy atom. The van der Waals surface area contributed by atoms with Gasteiger partial charge in [0.25, 0.3) is 21.6 Å². The number of nitro groups is 1. The molecule has 1 saturated heterocycles. The number of anilines is 1. The highest BCUT2D eigenvalue weighted by atomic mass is 32.2. The third kappa shape index (κ3) is 4.48. The van der Waals surface area contributed by atoms with E-state index in [-0.39, 0.29) is 22.2 Å². The summed E-state index contributed by atoms with van der Waals surface area (Å²) in [5.41, 5.74) is 0.460. The van der Waals surface area contributed by atoms with Crippen molar-refractivity contribution in [3.8, 4) is 0 Å². The fraction of sp³-hybridized carbons (Fsp3) is 0.316. The van der Waals surface area contributed by atoms with Gasteiger partial charge in [-0.05, 0) is 49.1 Å². The highest BCUT2D eigenvalue weighted by molar-refractivity contribution is 7.92. The first-order valence-electron chi connectivity index (χ1n) is 8.93. The van der Waals surface area contributed by atoms with E-state index in [9.17, 15) is 23.3 Å². The topological polar surface area (TPSA) is 110 Å². The maximum absolute atomic E-state index is 12.6. The molecule has 3 rings (SSSR count). The molecule has 1 atom stereocenters. The molecular weight excluding hydrogens is 382 g/mol. The molecule has 28 heavy (non-hydrogen) atoms. The van der Waals surface area contributed by atoms with Crippen molar-refractivity contribution in [2.75, 3.05) is 17.8 Å². The van der Waals surface area contributed by atoms with Crippen LogP contribution >= 0.6 is 0 Å². The van der Waals surface area contributed by atoms with Crippen molar-refractivity contribution in [1.82, 2.24) is 4.90 Å². The molecule has 2 aromatic rings. The highest BCUT2D eigenvalue weighted by Gasteiger charge is 2.22. The Morgan fingerprint density at radius 1 is 1.21 bits per heavy atom. The molecule has 1 N–H and O–H groups in total. The van der Waals surface area contributed by atoms with Crippen LogP contribution in [0.25, 0.3) is 0 Å². The summed E-state index contributed by atoms with van der Waals surface area (Å²) in [5.74, 6) is 0.401. The molecular formula is C19H21N3O5S. The Hall–Kier alpha value is -2.94. The van der Waals surface area contributed by atoms with Gasteiger partial charge in [-0.3, -0.25) is 19.6 Å². The molecule has 0 spiro atoms. The first kappa shape index (κ1) is 19.8. The van der Waals surface area contributed by atoms with E-state index in [0.29, 0.717) is 11.5 Å². The van der Waals surface area contributed by atoms with Crippen molar-refractivity contribution in [2.45, 2.75) is 24.7 Å². The zero-order chi connectivity index (χ0) is 20.3. The van der Waals surface area contributed by atoms with Crippen LogP contribution in [0.15, 0.2) is 53.4 Å². The van der Waals surface area contributed by atoms with Gasteiger partial charge in [0.1, 0.15) is 0 Å². The van der Waals surface area contributed by atoms with Crippen LogP contribution in [0.1, 0.15) is 30.1 Å². The molecule has 0 bridgehead atoms. The van der Waals surface area contributed by atoms with E-state index in [1.165, 1.54) is 30.3 Å². The number of benzene rings is 2. The number of hydrogen-bond acceptors (Lipinski definition) is 5. The normalized spacial score (nSPS) is 17.2. The predicted molar refractivity (Wildman–Crippen MR) is 105 cm³/mol. The third-order valence-electron chi connectivity index (χ3n) is 4.67. The van der Waals surface area contributed by atoms with Crippen LogP contribution < -0.4 is 4.72 Å². The van der Waals surface area contributed by atoms with E-state index >= 15 is 0 Å². The number of nitrogens with zero attached hydrogens (tertiary/aromatic N) is 2. The van der Waals surface area contributed by atoms with E-state index in [2.05, 4.69) is 11.6 Å². The summed E-state index contributed by atoms with van der Waals surface area (Å²) >= 11 is 0. The fourth-order valence-corrected chi connectivity index (χ4v) is 4.31. The summed E-state index contributed by atoms with van der Waals surface area (Å²) in [5, 5.41) is 10.8. The number of sulfonamides is 1. The predicted octanol–water partition coefficient (Wildman–Crippen LogP) is 3.27. The lowest BCUT2D eigenvalue weighted by Crippen LogP contribution is -2.39. The molecule has 2 aromatic carbocycles. The number of nitro benzene ring substituents is 1. The minimum Gasteiger partial charge on any atom is -0.338 e. The van der Waals surface area contributed by atoms with Crippen LogP contribution in [0.3, 0.4) is 0 Å². The molecule has 0 unspecified atom stereocenters. The van der Waals surface area contributed by atoms with Gasteiger partial charge in [0.2, 0.25) is 0 Å². The molecule has 148 valence electrons. The Bertz CT molecular complexity index is 989. The monoisotopic (exact) mass is 403 g/mol. The maximum Gasteiger partial charge on any atom is 0.270 e. The fourth-order valence-electron chi connectivity index (χ4n) is 3.22. The van der Waals surface area contributed by atoms with E-state index in [1.54, 1.807) is 12.1 Å². The summed E-state index contributed by atoms with van der Waals surface area (Å²) in [7, 11) is -3.98. The highest BCUT2D eigenvalue weighted by Crippen LogP contribution is 2.22. The Labute approximate surface area is 163 Å². The van der Waals surface area contributed by atoms with Gasteiger partial charge < -0.3 is 4.90 Å². The molecule has 9 heteroatoms. The molecule has 0 radical (unpaired) electrons. The number of rotatable bonds is 5. The quantitative estimate of drug-likeness (QED) is 0.609. The molecule has 8 nitrogen and oxygen atoms in total.